The molecule has 0 radical (unpaired) electrons. The van der Waals surface area contributed by atoms with Crippen LogP contribution in [0.1, 0.15) is 128 Å². The summed E-state index contributed by atoms with van der Waals surface area (Å²) >= 11 is 0. The van der Waals surface area contributed by atoms with Crippen molar-refractivity contribution in [1.82, 2.24) is 36.4 Å². The van der Waals surface area contributed by atoms with Gasteiger partial charge in [0.1, 0.15) is 41.7 Å². The van der Waals surface area contributed by atoms with Gasteiger partial charge in [0, 0.05) is 38.1 Å². The fraction of sp³-hybridized carbons (Fsp3) is 0.571. The predicted octanol–water partition coefficient (Wildman–Crippen LogP) is 2.50. The number of hydrogen-bond acceptors (Lipinski definition) is 12. The van der Waals surface area contributed by atoms with E-state index in [4.69, 9.17) is 5.11 Å². The van der Waals surface area contributed by atoms with Crippen LogP contribution in [0, 0.1) is 0 Å². The molecule has 1 aliphatic heterocycles. The zero-order chi connectivity index (χ0) is 51.2. The van der Waals surface area contributed by atoms with Gasteiger partial charge in [0.2, 0.25) is 41.4 Å². The number of hydrogen-bond donors (Lipinski definition) is 9. The number of amides is 7. The largest absolute Gasteiger partial charge is 0.507 e. The number of fused-ring (bicyclic) bond motifs is 5. The third-order valence-corrected chi connectivity index (χ3v) is 12.2. The topological polar surface area (TPSA) is 301 Å². The SMILES string of the molecule is CCCCCCCCCCCCCCCC(=O)N(C)[C@H](CO)C(=O)N[C@H](C)C(=O)NCC(=O)N(C)[C@@H]1C(=O)N[C@@H](C)C(=O)N[C@H](C(=O)NCC(=O)C(=O)O)Cc2ccc(O)c(c2)-c2cc1ccc2O. The van der Waals surface area contributed by atoms with E-state index in [1.807, 2.05) is 0 Å². The standard InChI is InChI=1S/C49H71N7O13/c1-6-7-8-9-10-11-12-13-14-15-16-17-18-19-41(61)55(4)37(29-57)47(66)52-30(2)44(63)51-28-42(62)56(5)43-33-21-23-39(59)35(26-33)34-24-32(20-22-38(34)58)25-36(46(65)50-27-40(60)49(68)69)54-45(64)31(3)53-48(43)67/h20-24,26,30-31,36-37,43,57-59H,6-19,25,27-29H2,1-5H3,(H,50,65)(H,51,63)(H,52,66)(H,53,67)(H,54,64)(H,68,69)/t30-,31+,36+,37-,43+/m1/s1. The summed E-state index contributed by atoms with van der Waals surface area (Å²) in [4.78, 5) is 119. The summed E-state index contributed by atoms with van der Waals surface area (Å²) in [6, 6.07) is 1.21. The lowest BCUT2D eigenvalue weighted by molar-refractivity contribution is -0.149. The van der Waals surface area contributed by atoms with E-state index in [9.17, 15) is 58.5 Å². The average Bonchev–Trinajstić information content (AvgIpc) is 3.31. The van der Waals surface area contributed by atoms with E-state index in [0.29, 0.717) is 12.0 Å². The van der Waals surface area contributed by atoms with E-state index in [-0.39, 0.29) is 46.9 Å². The van der Waals surface area contributed by atoms with E-state index in [1.165, 1.54) is 116 Å². The first-order valence-electron chi connectivity index (χ1n) is 23.8. The van der Waals surface area contributed by atoms with Gasteiger partial charge in [-0.2, -0.15) is 0 Å². The molecule has 1 heterocycles. The molecular weight excluding hydrogens is 895 g/mol. The lowest BCUT2D eigenvalue weighted by atomic mass is 9.93. The Hall–Kier alpha value is -6.57. The van der Waals surface area contributed by atoms with Gasteiger partial charge < -0.3 is 56.8 Å². The van der Waals surface area contributed by atoms with Crippen molar-refractivity contribution in [2.24, 2.45) is 0 Å². The molecule has 4 bridgehead atoms. The van der Waals surface area contributed by atoms with Gasteiger partial charge >= 0.3 is 5.97 Å². The number of unbranched alkanes of at least 4 members (excludes halogenated alkanes) is 12. The predicted molar refractivity (Wildman–Crippen MR) is 254 cm³/mol. The van der Waals surface area contributed by atoms with Crippen LogP contribution in [0.25, 0.3) is 11.1 Å². The van der Waals surface area contributed by atoms with E-state index in [0.717, 1.165) is 35.5 Å². The summed E-state index contributed by atoms with van der Waals surface area (Å²) in [5, 5.41) is 52.9. The summed E-state index contributed by atoms with van der Waals surface area (Å²) in [5.41, 5.74) is 0.512. The summed E-state index contributed by atoms with van der Waals surface area (Å²) in [7, 11) is 2.65. The van der Waals surface area contributed by atoms with Crippen LogP contribution >= 0.6 is 0 Å². The number of carbonyl (C=O) groups is 9. The number of nitrogens with zero attached hydrogens (tertiary/aromatic N) is 2. The van der Waals surface area contributed by atoms with Crippen molar-refractivity contribution in [2.75, 3.05) is 33.8 Å². The maximum absolute atomic E-state index is 14.1. The number of nitrogens with one attached hydrogen (secondary N) is 5. The molecule has 3 rings (SSSR count). The smallest absolute Gasteiger partial charge is 0.374 e. The molecule has 0 saturated heterocycles. The van der Waals surface area contributed by atoms with Gasteiger partial charge in [0.15, 0.2) is 0 Å². The van der Waals surface area contributed by atoms with Gasteiger partial charge in [0.25, 0.3) is 5.78 Å². The second-order valence-corrected chi connectivity index (χ2v) is 17.6. The molecule has 20 heteroatoms. The van der Waals surface area contributed by atoms with Crippen LogP contribution in [0.5, 0.6) is 11.5 Å². The fourth-order valence-electron chi connectivity index (χ4n) is 7.87. The molecule has 0 spiro atoms. The minimum Gasteiger partial charge on any atom is -0.507 e. The minimum absolute atomic E-state index is 0.0127. The minimum atomic E-state index is -1.79. The van der Waals surface area contributed by atoms with E-state index in [1.54, 1.807) is 0 Å². The number of aliphatic hydroxyl groups is 1. The highest BCUT2D eigenvalue weighted by atomic mass is 16.4. The van der Waals surface area contributed by atoms with Crippen molar-refractivity contribution in [3.8, 4) is 22.6 Å². The number of carboxylic acid groups (broad SMARTS) is 1. The molecule has 20 nitrogen and oxygen atoms in total. The Labute approximate surface area is 403 Å². The second kappa shape index (κ2) is 28.7. The number of rotatable bonds is 26. The average molecular weight is 966 g/mol. The number of aliphatic carboxylic acids is 1. The summed E-state index contributed by atoms with van der Waals surface area (Å²) in [6.07, 6.45) is 14.9. The highest BCUT2D eigenvalue weighted by Crippen LogP contribution is 2.38. The summed E-state index contributed by atoms with van der Waals surface area (Å²) in [6.45, 7) is 2.58. The van der Waals surface area contributed by atoms with Gasteiger partial charge in [-0.25, -0.2) is 4.79 Å². The molecule has 0 aliphatic carbocycles. The Morgan fingerprint density at radius 3 is 1.87 bits per heavy atom. The Bertz CT molecular complexity index is 2130. The van der Waals surface area contributed by atoms with Crippen LogP contribution in [-0.2, 0) is 49.6 Å². The third kappa shape index (κ3) is 17.8. The van der Waals surface area contributed by atoms with Crippen molar-refractivity contribution in [3.05, 3.63) is 47.5 Å². The van der Waals surface area contributed by atoms with Gasteiger partial charge in [-0.15, -0.1) is 0 Å². The quantitative estimate of drug-likeness (QED) is 0.0485. The number of aromatic hydroxyl groups is 2. The van der Waals surface area contributed by atoms with Crippen LogP contribution in [0.2, 0.25) is 0 Å². The first-order valence-corrected chi connectivity index (χ1v) is 23.8. The van der Waals surface area contributed by atoms with Crippen LogP contribution in [0.4, 0.5) is 0 Å². The Balaban J connectivity index is 1.65. The molecule has 0 saturated carbocycles. The van der Waals surface area contributed by atoms with Crippen molar-refractivity contribution in [1.29, 1.82) is 0 Å². The molecule has 0 unspecified atom stereocenters. The van der Waals surface area contributed by atoms with E-state index >= 15 is 0 Å². The molecule has 0 fully saturated rings. The van der Waals surface area contributed by atoms with Gasteiger partial charge in [-0.3, -0.25) is 38.4 Å². The number of phenolic OH excluding ortho intramolecular Hbond substituents is 2. The van der Waals surface area contributed by atoms with Gasteiger partial charge in [0.05, 0.1) is 19.7 Å². The number of Topliss-reactive ketones (excluding diaryl/α,β-unsaturated/α-hetero) is 1. The van der Waals surface area contributed by atoms with Crippen molar-refractivity contribution in [2.45, 2.75) is 147 Å². The number of carboxylic acids is 1. The number of carbonyl (C=O) groups excluding carboxylic acids is 8. The van der Waals surface area contributed by atoms with Gasteiger partial charge in [-0.05, 0) is 55.7 Å². The van der Waals surface area contributed by atoms with Crippen LogP contribution in [0.3, 0.4) is 0 Å². The maximum Gasteiger partial charge on any atom is 0.374 e. The fourth-order valence-corrected chi connectivity index (χ4v) is 7.87. The molecule has 0 aromatic heterocycles. The molecule has 1 aliphatic rings. The first kappa shape index (κ1) is 56.8. The van der Waals surface area contributed by atoms with Crippen molar-refractivity contribution >= 4 is 53.1 Å². The first-order chi connectivity index (χ1) is 32.8. The molecule has 2 aromatic carbocycles. The molecule has 9 N–H and O–H groups in total. The van der Waals surface area contributed by atoms with Gasteiger partial charge in [-0.1, -0.05) is 96.1 Å². The molecule has 5 atom stereocenters. The Kier molecular flexibility index (Phi) is 23.6. The van der Waals surface area contributed by atoms with Crippen molar-refractivity contribution < 1.29 is 63.6 Å². The third-order valence-electron chi connectivity index (χ3n) is 12.2. The van der Waals surface area contributed by atoms with Crippen LogP contribution < -0.4 is 26.6 Å². The van der Waals surface area contributed by atoms with Crippen molar-refractivity contribution in [3.63, 3.8) is 0 Å². The van der Waals surface area contributed by atoms with Crippen LogP contribution in [0.15, 0.2) is 36.4 Å². The lowest BCUT2D eigenvalue weighted by Crippen LogP contribution is -2.56. The highest BCUT2D eigenvalue weighted by Gasteiger charge is 2.34. The number of benzene rings is 2. The number of ketones is 1. The number of phenols is 2. The van der Waals surface area contributed by atoms with E-state index in [2.05, 4.69) is 33.5 Å². The normalized spacial score (nSPS) is 16.6. The lowest BCUT2D eigenvalue weighted by Gasteiger charge is -2.30. The maximum atomic E-state index is 14.1. The molecule has 380 valence electrons. The highest BCUT2D eigenvalue weighted by molar-refractivity contribution is 6.33. The molecular formula is C49H71N7O13. The zero-order valence-corrected chi connectivity index (χ0v) is 40.4. The van der Waals surface area contributed by atoms with E-state index < -0.39 is 97.1 Å². The zero-order valence-electron chi connectivity index (χ0n) is 40.4. The summed E-state index contributed by atoms with van der Waals surface area (Å²) in [5.74, 6) is -9.25. The monoisotopic (exact) mass is 966 g/mol. The Morgan fingerprint density at radius 2 is 1.29 bits per heavy atom. The number of likely N-dealkylation sites (N-methyl/N-ethyl adjacent to an activating group) is 2. The molecule has 2 aromatic rings. The molecule has 7 amide bonds. The van der Waals surface area contributed by atoms with Crippen LogP contribution in [-0.4, -0.2) is 141 Å². The Morgan fingerprint density at radius 1 is 0.725 bits per heavy atom. The second-order valence-electron chi connectivity index (χ2n) is 17.6. The molecule has 69 heavy (non-hydrogen) atoms. The summed E-state index contributed by atoms with van der Waals surface area (Å²) < 4.78 is 0. The number of aliphatic hydroxyl groups excluding tert-OH is 1.